The summed E-state index contributed by atoms with van der Waals surface area (Å²) in [5.41, 5.74) is 1.54. The van der Waals surface area contributed by atoms with Gasteiger partial charge in [0, 0.05) is 11.7 Å². The molecule has 6 nitrogen and oxygen atoms in total. The van der Waals surface area contributed by atoms with Gasteiger partial charge in [-0.25, -0.2) is 14.6 Å². The number of anilines is 1. The van der Waals surface area contributed by atoms with E-state index in [1.165, 1.54) is 0 Å². The fraction of sp³-hybridized carbons (Fsp3) is 0.611. The summed E-state index contributed by atoms with van der Waals surface area (Å²) >= 11 is 0. The summed E-state index contributed by atoms with van der Waals surface area (Å²) in [7, 11) is 0. The van der Waals surface area contributed by atoms with Gasteiger partial charge >= 0.3 is 6.03 Å². The first kappa shape index (κ1) is 18.1. The third-order valence-corrected chi connectivity index (χ3v) is 4.47. The molecular weight excluding hydrogens is 304 g/mol. The Labute approximate surface area is 143 Å². The quantitative estimate of drug-likeness (QED) is 0.655. The van der Waals surface area contributed by atoms with E-state index in [0.29, 0.717) is 12.2 Å². The second-order valence-electron chi connectivity index (χ2n) is 7.95. The molecule has 0 aliphatic heterocycles. The van der Waals surface area contributed by atoms with Crippen LogP contribution in [0.25, 0.3) is 0 Å². The van der Waals surface area contributed by atoms with Crippen LogP contribution in [0.15, 0.2) is 23.3 Å². The lowest BCUT2D eigenvalue weighted by Crippen LogP contribution is -2.48. The topological polar surface area (TPSA) is 83.5 Å². The number of nitrogens with zero attached hydrogens (tertiary/aromatic N) is 2. The molecule has 130 valence electrons. The molecule has 1 heterocycles. The van der Waals surface area contributed by atoms with Crippen LogP contribution >= 0.6 is 0 Å². The van der Waals surface area contributed by atoms with Crippen molar-refractivity contribution < 1.29 is 9.59 Å². The number of aryl methyl sites for hydroxylation is 1. The molecule has 2 unspecified atom stereocenters. The summed E-state index contributed by atoms with van der Waals surface area (Å²) in [6, 6.07) is 3.49. The molecule has 0 spiro atoms. The highest BCUT2D eigenvalue weighted by Gasteiger charge is 2.41. The first-order valence-electron chi connectivity index (χ1n) is 8.25. The Morgan fingerprint density at radius 3 is 2.75 bits per heavy atom. The second-order valence-corrected chi connectivity index (χ2v) is 7.95. The number of aliphatic imine (C=N–C) groups is 1. The molecule has 1 aliphatic carbocycles. The van der Waals surface area contributed by atoms with Crippen molar-refractivity contribution >= 4 is 17.8 Å². The lowest BCUT2D eigenvalue weighted by molar-refractivity contribution is 0.0815. The van der Waals surface area contributed by atoms with E-state index in [9.17, 15) is 9.59 Å². The van der Waals surface area contributed by atoms with E-state index >= 15 is 0 Å². The minimum Gasteiger partial charge on any atom is -0.335 e. The maximum absolute atomic E-state index is 12.3. The average Bonchev–Trinajstić information content (AvgIpc) is 2.45. The van der Waals surface area contributed by atoms with Crippen LogP contribution in [0.5, 0.6) is 0 Å². The molecule has 2 atom stereocenters. The molecular formula is C18H26N4O2. The molecule has 1 saturated carbocycles. The maximum Gasteiger partial charge on any atom is 0.319 e. The van der Waals surface area contributed by atoms with Crippen molar-refractivity contribution in [3.8, 4) is 0 Å². The molecule has 1 fully saturated rings. The van der Waals surface area contributed by atoms with Gasteiger partial charge in [0.1, 0.15) is 0 Å². The van der Waals surface area contributed by atoms with Crippen LogP contribution in [-0.2, 0) is 4.79 Å². The number of urea groups is 1. The Kier molecular flexibility index (Phi) is 5.40. The molecule has 1 aromatic rings. The van der Waals surface area contributed by atoms with E-state index in [1.54, 1.807) is 12.3 Å². The fourth-order valence-corrected chi connectivity index (χ4v) is 3.97. The number of rotatable bonds is 4. The number of nitrogens with one attached hydrogen (secondary N) is 2. The predicted octanol–water partition coefficient (Wildman–Crippen LogP) is 3.43. The van der Waals surface area contributed by atoms with Gasteiger partial charge in [-0.1, -0.05) is 20.8 Å². The number of aromatic nitrogens is 1. The molecule has 2 rings (SSSR count). The summed E-state index contributed by atoms with van der Waals surface area (Å²) in [5.74, 6) is 0. The first-order chi connectivity index (χ1) is 11.2. The van der Waals surface area contributed by atoms with Crippen LogP contribution in [0.2, 0.25) is 0 Å². The summed E-state index contributed by atoms with van der Waals surface area (Å²) in [5, 5.41) is 5.87. The molecule has 24 heavy (non-hydrogen) atoms. The van der Waals surface area contributed by atoms with Crippen LogP contribution in [0.4, 0.5) is 10.5 Å². The van der Waals surface area contributed by atoms with Crippen molar-refractivity contribution in [2.75, 3.05) is 11.9 Å². The van der Waals surface area contributed by atoms with Crippen LogP contribution in [0.3, 0.4) is 0 Å². The van der Waals surface area contributed by atoms with Crippen molar-refractivity contribution in [2.45, 2.75) is 53.0 Å². The summed E-state index contributed by atoms with van der Waals surface area (Å²) in [6.45, 7) is 8.83. The van der Waals surface area contributed by atoms with Gasteiger partial charge in [0.15, 0.2) is 0 Å². The van der Waals surface area contributed by atoms with E-state index in [4.69, 9.17) is 0 Å². The van der Waals surface area contributed by atoms with E-state index in [1.807, 2.05) is 19.1 Å². The minimum absolute atomic E-state index is 0.0407. The number of amides is 2. The van der Waals surface area contributed by atoms with Crippen LogP contribution in [0.1, 0.15) is 45.7 Å². The van der Waals surface area contributed by atoms with Gasteiger partial charge in [0.25, 0.3) is 0 Å². The lowest BCUT2D eigenvalue weighted by Gasteiger charge is -2.46. The maximum atomic E-state index is 12.3. The predicted molar refractivity (Wildman–Crippen MR) is 93.6 cm³/mol. The van der Waals surface area contributed by atoms with Gasteiger partial charge in [-0.05, 0) is 49.1 Å². The lowest BCUT2D eigenvalue weighted by atomic mass is 9.62. The summed E-state index contributed by atoms with van der Waals surface area (Å²) in [4.78, 5) is 30.7. The Morgan fingerprint density at radius 2 is 2.12 bits per heavy atom. The monoisotopic (exact) mass is 330 g/mol. The molecule has 0 radical (unpaired) electrons. The molecule has 0 bridgehead atoms. The standard InChI is InChI=1S/C18H26N4O2/c1-13-5-6-14(9-20-13)21-16(24)22-15-7-17(2,3)10-18(4,8-15)11-19-12-23/h5-6,9,15H,7-8,10-11H2,1-4H3,(H2,21,22,24). The van der Waals surface area contributed by atoms with Crippen LogP contribution in [-0.4, -0.2) is 29.7 Å². The molecule has 0 aromatic carbocycles. The van der Waals surface area contributed by atoms with E-state index in [2.05, 4.69) is 41.4 Å². The first-order valence-corrected chi connectivity index (χ1v) is 8.25. The number of carbonyl (C=O) groups excluding carboxylic acids is 2. The normalized spacial score (nSPS) is 25.4. The molecule has 1 aliphatic rings. The number of isocyanates is 1. The summed E-state index contributed by atoms with van der Waals surface area (Å²) < 4.78 is 0. The number of hydrogen-bond donors (Lipinski definition) is 2. The number of hydrogen-bond acceptors (Lipinski definition) is 4. The molecule has 6 heteroatoms. The largest absolute Gasteiger partial charge is 0.335 e. The average molecular weight is 330 g/mol. The molecule has 2 N–H and O–H groups in total. The van der Waals surface area contributed by atoms with Crippen molar-refractivity contribution in [3.63, 3.8) is 0 Å². The van der Waals surface area contributed by atoms with Gasteiger partial charge in [0.05, 0.1) is 18.4 Å². The SMILES string of the molecule is Cc1ccc(NC(=O)NC2CC(C)(C)CC(C)(CN=C=O)C2)cn1. The van der Waals surface area contributed by atoms with Gasteiger partial charge in [-0.2, -0.15) is 0 Å². The minimum atomic E-state index is -0.232. The Hall–Kier alpha value is -2.20. The Balaban J connectivity index is 2.00. The highest BCUT2D eigenvalue weighted by molar-refractivity contribution is 5.89. The highest BCUT2D eigenvalue weighted by atomic mass is 16.2. The van der Waals surface area contributed by atoms with Gasteiger partial charge in [0.2, 0.25) is 6.08 Å². The van der Waals surface area contributed by atoms with Crippen molar-refractivity contribution in [3.05, 3.63) is 24.0 Å². The fourth-order valence-electron chi connectivity index (χ4n) is 3.97. The zero-order chi connectivity index (χ0) is 17.8. The molecule has 0 saturated heterocycles. The van der Waals surface area contributed by atoms with Crippen LogP contribution < -0.4 is 10.6 Å². The van der Waals surface area contributed by atoms with Gasteiger partial charge < -0.3 is 10.6 Å². The Morgan fingerprint density at radius 1 is 1.38 bits per heavy atom. The molecule has 2 amide bonds. The molecule has 1 aromatic heterocycles. The highest BCUT2D eigenvalue weighted by Crippen LogP contribution is 2.46. The summed E-state index contributed by atoms with van der Waals surface area (Å²) in [6.07, 6.45) is 5.92. The smallest absolute Gasteiger partial charge is 0.319 e. The third kappa shape index (κ3) is 5.17. The van der Waals surface area contributed by atoms with Crippen LogP contribution in [0, 0.1) is 17.8 Å². The van der Waals surface area contributed by atoms with E-state index in [0.717, 1.165) is 25.0 Å². The number of pyridine rings is 1. The van der Waals surface area contributed by atoms with Gasteiger partial charge in [-0.3, -0.25) is 4.98 Å². The van der Waals surface area contributed by atoms with Crippen molar-refractivity contribution in [1.82, 2.24) is 10.3 Å². The second kappa shape index (κ2) is 7.14. The van der Waals surface area contributed by atoms with Crippen molar-refractivity contribution in [1.29, 1.82) is 0 Å². The van der Waals surface area contributed by atoms with E-state index < -0.39 is 0 Å². The van der Waals surface area contributed by atoms with Crippen molar-refractivity contribution in [2.24, 2.45) is 15.8 Å². The van der Waals surface area contributed by atoms with Gasteiger partial charge in [-0.15, -0.1) is 0 Å². The zero-order valence-electron chi connectivity index (χ0n) is 14.8. The van der Waals surface area contributed by atoms with E-state index in [-0.39, 0.29) is 22.9 Å². The zero-order valence-corrected chi connectivity index (χ0v) is 14.8. The third-order valence-electron chi connectivity index (χ3n) is 4.47. The number of carbonyl (C=O) groups is 1. The Bertz CT molecular complexity index is 635.